The lowest BCUT2D eigenvalue weighted by Gasteiger charge is -2.02. The molecule has 0 aliphatic rings. The average molecular weight is 292 g/mol. The molecule has 0 amide bonds. The van der Waals surface area contributed by atoms with Crippen LogP contribution in [-0.2, 0) is 16.0 Å². The van der Waals surface area contributed by atoms with Gasteiger partial charge in [0.05, 0.1) is 5.69 Å². The minimum Gasteiger partial charge on any atom is -0.281 e. The molecule has 0 aliphatic heterocycles. The molecule has 0 atom stereocenters. The van der Waals surface area contributed by atoms with E-state index in [9.17, 15) is 8.42 Å². The molecule has 0 spiro atoms. The van der Waals surface area contributed by atoms with Crippen molar-refractivity contribution < 1.29 is 17.5 Å². The first-order chi connectivity index (χ1) is 9.53. The van der Waals surface area contributed by atoms with Gasteiger partial charge < -0.3 is 0 Å². The molecule has 3 rings (SSSR count). The molecule has 0 unspecified atom stereocenters. The molecule has 0 radical (unpaired) electrons. The second-order valence-corrected chi connectivity index (χ2v) is 5.54. The minimum atomic E-state index is -4.05. The molecule has 20 heavy (non-hydrogen) atoms. The van der Waals surface area contributed by atoms with E-state index in [0.717, 1.165) is 11.3 Å². The Bertz CT molecular complexity index is 857. The van der Waals surface area contributed by atoms with Crippen LogP contribution in [-0.4, -0.2) is 32.6 Å². The van der Waals surface area contributed by atoms with Gasteiger partial charge in [-0.3, -0.25) is 4.55 Å². The quantitative estimate of drug-likeness (QED) is 0.535. The van der Waals surface area contributed by atoms with Gasteiger partial charge in [-0.1, -0.05) is 0 Å². The lowest BCUT2D eigenvalue weighted by Crippen LogP contribution is -2.36. The van der Waals surface area contributed by atoms with E-state index in [0.29, 0.717) is 5.78 Å². The number of hydrogen-bond donors (Lipinski definition) is 1. The van der Waals surface area contributed by atoms with Gasteiger partial charge in [0, 0.05) is 23.9 Å². The molecular weight excluding hydrogens is 282 g/mol. The van der Waals surface area contributed by atoms with E-state index < -0.39 is 16.0 Å². The van der Waals surface area contributed by atoms with Gasteiger partial charge in [-0.25, -0.2) is 4.98 Å². The smallest absolute Gasteiger partial charge is 0.281 e. The van der Waals surface area contributed by atoms with Gasteiger partial charge in [0.2, 0.25) is 0 Å². The Hall–Kier alpha value is -2.39. The SMILES string of the molecule is O=S(=O)(O)C[n+]1ccc(-c2ccnc3ncnn23)cc1. The Morgan fingerprint density at radius 1 is 1.20 bits per heavy atom. The van der Waals surface area contributed by atoms with Crippen LogP contribution in [0.2, 0.25) is 0 Å². The van der Waals surface area contributed by atoms with Crippen LogP contribution < -0.4 is 4.57 Å². The largest absolute Gasteiger partial charge is 0.326 e. The van der Waals surface area contributed by atoms with E-state index in [1.165, 1.54) is 10.9 Å². The Morgan fingerprint density at radius 2 is 1.95 bits per heavy atom. The Kier molecular flexibility index (Phi) is 2.92. The molecule has 3 aromatic heterocycles. The topological polar surface area (TPSA) is 101 Å². The summed E-state index contributed by atoms with van der Waals surface area (Å²) < 4.78 is 33.3. The van der Waals surface area contributed by atoms with Gasteiger partial charge in [-0.05, 0) is 6.07 Å². The molecule has 0 aromatic carbocycles. The molecule has 0 saturated heterocycles. The highest BCUT2D eigenvalue weighted by Crippen LogP contribution is 2.16. The van der Waals surface area contributed by atoms with Crippen LogP contribution in [0.15, 0.2) is 43.1 Å². The van der Waals surface area contributed by atoms with Crippen LogP contribution in [0.3, 0.4) is 0 Å². The monoisotopic (exact) mass is 292 g/mol. The summed E-state index contributed by atoms with van der Waals surface area (Å²) in [6.07, 6.45) is 6.16. The molecule has 3 heterocycles. The molecule has 0 fully saturated rings. The first-order valence-corrected chi connectivity index (χ1v) is 7.23. The lowest BCUT2D eigenvalue weighted by atomic mass is 10.2. The fourth-order valence-corrected chi connectivity index (χ4v) is 2.41. The van der Waals surface area contributed by atoms with Crippen molar-refractivity contribution in [3.05, 3.63) is 43.1 Å². The fraction of sp³-hybridized carbons (Fsp3) is 0.0909. The fourth-order valence-electron chi connectivity index (χ4n) is 1.86. The molecule has 8 nitrogen and oxygen atoms in total. The second-order valence-electron chi connectivity index (χ2n) is 4.11. The van der Waals surface area contributed by atoms with Crippen LogP contribution >= 0.6 is 0 Å². The summed E-state index contributed by atoms with van der Waals surface area (Å²) in [6.45, 7) is 0. The highest BCUT2D eigenvalue weighted by molar-refractivity contribution is 7.84. The third-order valence-electron chi connectivity index (χ3n) is 2.68. The number of hydrogen-bond acceptors (Lipinski definition) is 5. The summed E-state index contributed by atoms with van der Waals surface area (Å²) in [6, 6.07) is 5.23. The van der Waals surface area contributed by atoms with Crippen molar-refractivity contribution in [2.24, 2.45) is 0 Å². The van der Waals surface area contributed by atoms with E-state index in [1.54, 1.807) is 41.3 Å². The van der Waals surface area contributed by atoms with E-state index >= 15 is 0 Å². The number of nitrogens with zero attached hydrogens (tertiary/aromatic N) is 5. The van der Waals surface area contributed by atoms with Gasteiger partial charge in [0.25, 0.3) is 11.7 Å². The van der Waals surface area contributed by atoms with Crippen LogP contribution in [0.25, 0.3) is 17.0 Å². The van der Waals surface area contributed by atoms with Crippen molar-refractivity contribution in [1.29, 1.82) is 0 Å². The Labute approximate surface area is 114 Å². The predicted octanol–water partition coefficient (Wildman–Crippen LogP) is -0.0759. The summed E-state index contributed by atoms with van der Waals surface area (Å²) in [5, 5.41) is 4.08. The third-order valence-corrected chi connectivity index (χ3v) is 3.30. The van der Waals surface area contributed by atoms with Crippen molar-refractivity contribution in [2.75, 3.05) is 0 Å². The maximum Gasteiger partial charge on any atom is 0.326 e. The summed E-state index contributed by atoms with van der Waals surface area (Å²) in [5.41, 5.74) is 1.61. The van der Waals surface area contributed by atoms with Gasteiger partial charge in [0.1, 0.15) is 6.33 Å². The maximum absolute atomic E-state index is 10.8. The minimum absolute atomic E-state index is 0.483. The highest BCUT2D eigenvalue weighted by atomic mass is 32.2. The van der Waals surface area contributed by atoms with Crippen molar-refractivity contribution in [3.63, 3.8) is 0 Å². The van der Waals surface area contributed by atoms with Crippen molar-refractivity contribution in [3.8, 4) is 11.3 Å². The number of fused-ring (bicyclic) bond motifs is 1. The lowest BCUT2D eigenvalue weighted by molar-refractivity contribution is -0.678. The van der Waals surface area contributed by atoms with Gasteiger partial charge in [-0.15, -0.1) is 0 Å². The van der Waals surface area contributed by atoms with Gasteiger partial charge in [0.15, 0.2) is 12.4 Å². The molecule has 0 saturated carbocycles. The normalized spacial score (nSPS) is 11.8. The van der Waals surface area contributed by atoms with E-state index in [-0.39, 0.29) is 0 Å². The van der Waals surface area contributed by atoms with Crippen molar-refractivity contribution >= 4 is 15.9 Å². The van der Waals surface area contributed by atoms with Crippen LogP contribution in [0, 0.1) is 0 Å². The summed E-state index contributed by atoms with van der Waals surface area (Å²) >= 11 is 0. The van der Waals surface area contributed by atoms with E-state index in [2.05, 4.69) is 15.1 Å². The Balaban J connectivity index is 2.01. The molecular formula is C11H10N5O3S+. The van der Waals surface area contributed by atoms with Crippen molar-refractivity contribution in [2.45, 2.75) is 5.88 Å². The maximum atomic E-state index is 10.8. The second kappa shape index (κ2) is 4.62. The molecule has 1 N–H and O–H groups in total. The van der Waals surface area contributed by atoms with Crippen LogP contribution in [0.4, 0.5) is 0 Å². The summed E-state index contributed by atoms with van der Waals surface area (Å²) in [4.78, 5) is 8.06. The summed E-state index contributed by atoms with van der Waals surface area (Å²) in [5.74, 6) is -0.000282. The first kappa shape index (κ1) is 12.6. The highest BCUT2D eigenvalue weighted by Gasteiger charge is 2.13. The van der Waals surface area contributed by atoms with Crippen LogP contribution in [0.5, 0.6) is 0 Å². The number of rotatable bonds is 3. The van der Waals surface area contributed by atoms with Crippen LogP contribution in [0.1, 0.15) is 0 Å². The zero-order valence-corrected chi connectivity index (χ0v) is 11.0. The molecule has 0 bridgehead atoms. The van der Waals surface area contributed by atoms with Gasteiger partial charge in [-0.2, -0.15) is 27.6 Å². The molecule has 0 aliphatic carbocycles. The van der Waals surface area contributed by atoms with E-state index in [1.807, 2.05) is 0 Å². The standard InChI is InChI=1S/C11H9N5O3S/c17-20(18,19)8-15-5-2-9(3-6-15)10-1-4-12-11-13-7-14-16(10)11/h1-7H,8H2/p+1. The van der Waals surface area contributed by atoms with Gasteiger partial charge >= 0.3 is 10.1 Å². The molecule has 3 aromatic rings. The summed E-state index contributed by atoms with van der Waals surface area (Å²) in [7, 11) is -4.05. The Morgan fingerprint density at radius 3 is 2.65 bits per heavy atom. The predicted molar refractivity (Wildman–Crippen MR) is 68.0 cm³/mol. The number of aromatic nitrogens is 5. The first-order valence-electron chi connectivity index (χ1n) is 5.62. The van der Waals surface area contributed by atoms with E-state index in [4.69, 9.17) is 4.55 Å². The molecule has 102 valence electrons. The third kappa shape index (κ3) is 2.49. The molecule has 9 heteroatoms. The zero-order valence-electron chi connectivity index (χ0n) is 10.2. The number of pyridine rings is 1. The van der Waals surface area contributed by atoms with Crippen molar-refractivity contribution in [1.82, 2.24) is 19.6 Å². The average Bonchev–Trinajstić information content (AvgIpc) is 2.86. The zero-order chi connectivity index (χ0) is 14.2.